The van der Waals surface area contributed by atoms with E-state index in [0.29, 0.717) is 6.54 Å². The first kappa shape index (κ1) is 21.2. The van der Waals surface area contributed by atoms with Crippen molar-refractivity contribution < 1.29 is 9.53 Å². The van der Waals surface area contributed by atoms with Crippen LogP contribution in [-0.2, 0) is 4.79 Å². The fourth-order valence-electron chi connectivity index (χ4n) is 1.92. The number of aliphatic imine (C=N–C) groups is 1. The Morgan fingerprint density at radius 1 is 1.16 bits per heavy atom. The Hall–Kier alpha value is -1.81. The number of carbonyl (C=O) groups excluding carboxylic acids is 1. The van der Waals surface area contributed by atoms with E-state index in [1.54, 1.807) is 7.11 Å². The van der Waals surface area contributed by atoms with Gasteiger partial charge in [-0.1, -0.05) is 22.0 Å². The molecule has 134 valence electrons. The molecule has 0 bridgehead atoms. The zero-order valence-electron chi connectivity index (χ0n) is 13.7. The number of amides is 1. The molecule has 0 heterocycles. The highest BCUT2D eigenvalue weighted by Gasteiger charge is 2.02. The number of anilines is 2. The van der Waals surface area contributed by atoms with E-state index in [9.17, 15) is 4.79 Å². The fraction of sp³-hybridized carbons (Fsp3) is 0.176. The SMILES string of the molecule is COc1cccc(NC(N)=NCCC(=O)Nc2ccc(Br)cc2)c1.I. The minimum atomic E-state index is -0.116. The Morgan fingerprint density at radius 3 is 2.56 bits per heavy atom. The number of ether oxygens (including phenoxy) is 1. The first-order chi connectivity index (χ1) is 11.6. The van der Waals surface area contributed by atoms with Gasteiger partial charge in [0.1, 0.15) is 5.75 Å². The van der Waals surface area contributed by atoms with Crippen LogP contribution in [0.5, 0.6) is 5.75 Å². The van der Waals surface area contributed by atoms with Crippen molar-refractivity contribution in [2.45, 2.75) is 6.42 Å². The molecule has 0 spiro atoms. The molecule has 0 atom stereocenters. The summed E-state index contributed by atoms with van der Waals surface area (Å²) in [5.74, 6) is 0.858. The maximum atomic E-state index is 11.9. The van der Waals surface area contributed by atoms with Crippen LogP contribution in [0.2, 0.25) is 0 Å². The topological polar surface area (TPSA) is 88.7 Å². The van der Waals surface area contributed by atoms with E-state index in [0.717, 1.165) is 21.6 Å². The van der Waals surface area contributed by atoms with Crippen LogP contribution in [0.4, 0.5) is 11.4 Å². The second kappa shape index (κ2) is 10.9. The number of nitrogens with zero attached hydrogens (tertiary/aromatic N) is 1. The van der Waals surface area contributed by atoms with E-state index in [1.165, 1.54) is 0 Å². The molecule has 0 unspecified atom stereocenters. The zero-order valence-corrected chi connectivity index (χ0v) is 17.6. The van der Waals surface area contributed by atoms with Crippen molar-refractivity contribution in [3.05, 3.63) is 53.0 Å². The summed E-state index contributed by atoms with van der Waals surface area (Å²) in [5, 5.41) is 5.76. The van der Waals surface area contributed by atoms with Gasteiger partial charge >= 0.3 is 0 Å². The van der Waals surface area contributed by atoms with Crippen LogP contribution in [-0.4, -0.2) is 25.5 Å². The van der Waals surface area contributed by atoms with Crippen LogP contribution in [0.1, 0.15) is 6.42 Å². The third-order valence-electron chi connectivity index (χ3n) is 3.09. The van der Waals surface area contributed by atoms with Crippen LogP contribution in [0.15, 0.2) is 58.0 Å². The second-order valence-corrected chi connectivity index (χ2v) is 5.84. The number of benzene rings is 2. The van der Waals surface area contributed by atoms with Crippen LogP contribution < -0.4 is 21.1 Å². The smallest absolute Gasteiger partial charge is 0.226 e. The van der Waals surface area contributed by atoms with Crippen LogP contribution in [0, 0.1) is 0 Å². The van der Waals surface area contributed by atoms with E-state index in [-0.39, 0.29) is 42.3 Å². The molecule has 0 aliphatic rings. The Bertz CT molecular complexity index is 723. The zero-order chi connectivity index (χ0) is 17.4. The van der Waals surface area contributed by atoms with Gasteiger partial charge < -0.3 is 21.1 Å². The lowest BCUT2D eigenvalue weighted by molar-refractivity contribution is -0.116. The van der Waals surface area contributed by atoms with Gasteiger partial charge in [0.25, 0.3) is 0 Å². The number of nitrogens with one attached hydrogen (secondary N) is 2. The van der Waals surface area contributed by atoms with Crippen LogP contribution in [0.25, 0.3) is 0 Å². The lowest BCUT2D eigenvalue weighted by Crippen LogP contribution is -2.23. The van der Waals surface area contributed by atoms with E-state index in [2.05, 4.69) is 31.6 Å². The normalized spacial score (nSPS) is 10.6. The monoisotopic (exact) mass is 518 g/mol. The highest BCUT2D eigenvalue weighted by atomic mass is 127. The Labute approximate surface area is 172 Å². The van der Waals surface area contributed by atoms with Crippen molar-refractivity contribution in [2.24, 2.45) is 10.7 Å². The van der Waals surface area contributed by atoms with Crippen molar-refractivity contribution in [1.82, 2.24) is 0 Å². The van der Waals surface area contributed by atoms with Gasteiger partial charge in [-0.25, -0.2) is 0 Å². The number of hydrogen-bond acceptors (Lipinski definition) is 3. The number of carbonyl (C=O) groups is 1. The summed E-state index contributed by atoms with van der Waals surface area (Å²) in [6, 6.07) is 14.7. The predicted molar refractivity (Wildman–Crippen MR) is 116 cm³/mol. The van der Waals surface area contributed by atoms with Crippen molar-refractivity contribution in [2.75, 3.05) is 24.3 Å². The Morgan fingerprint density at radius 2 is 1.88 bits per heavy atom. The van der Waals surface area contributed by atoms with Crippen molar-refractivity contribution in [3.63, 3.8) is 0 Å². The summed E-state index contributed by atoms with van der Waals surface area (Å²) in [6.07, 6.45) is 0.247. The maximum absolute atomic E-state index is 11.9. The van der Waals surface area contributed by atoms with Gasteiger partial charge in [0.2, 0.25) is 5.91 Å². The molecule has 0 fully saturated rings. The van der Waals surface area contributed by atoms with Gasteiger partial charge in [-0.05, 0) is 36.4 Å². The number of hydrogen-bond donors (Lipinski definition) is 3. The highest BCUT2D eigenvalue weighted by molar-refractivity contribution is 14.0. The van der Waals surface area contributed by atoms with E-state index in [4.69, 9.17) is 10.5 Å². The number of guanidine groups is 1. The molecule has 0 aliphatic heterocycles. The van der Waals surface area contributed by atoms with E-state index < -0.39 is 0 Å². The van der Waals surface area contributed by atoms with Crippen molar-refractivity contribution in [3.8, 4) is 5.75 Å². The first-order valence-electron chi connectivity index (χ1n) is 7.33. The molecule has 2 aromatic rings. The number of nitrogens with two attached hydrogens (primary N) is 1. The van der Waals surface area contributed by atoms with Crippen molar-refractivity contribution in [1.29, 1.82) is 0 Å². The average molecular weight is 519 g/mol. The third-order valence-corrected chi connectivity index (χ3v) is 3.62. The molecule has 0 aliphatic carbocycles. The molecule has 0 saturated carbocycles. The minimum Gasteiger partial charge on any atom is -0.497 e. The molecule has 2 aromatic carbocycles. The van der Waals surface area contributed by atoms with Gasteiger partial charge in [0.15, 0.2) is 5.96 Å². The molecule has 2 rings (SSSR count). The second-order valence-electron chi connectivity index (χ2n) is 4.93. The first-order valence-corrected chi connectivity index (χ1v) is 8.12. The molecule has 6 nitrogen and oxygen atoms in total. The van der Waals surface area contributed by atoms with Gasteiger partial charge in [-0.2, -0.15) is 0 Å². The highest BCUT2D eigenvalue weighted by Crippen LogP contribution is 2.16. The maximum Gasteiger partial charge on any atom is 0.226 e. The van der Waals surface area contributed by atoms with Crippen LogP contribution in [0.3, 0.4) is 0 Å². The standard InChI is InChI=1S/C17H19BrN4O2.HI/c1-24-15-4-2-3-14(11-15)22-17(19)20-10-9-16(23)21-13-7-5-12(18)6-8-13;/h2-8,11H,9-10H2,1H3,(H,21,23)(H3,19,20,22);1H. The minimum absolute atomic E-state index is 0. The van der Waals surface area contributed by atoms with Gasteiger partial charge in [0.05, 0.1) is 13.7 Å². The lowest BCUT2D eigenvalue weighted by Gasteiger charge is -2.07. The molecule has 0 radical (unpaired) electrons. The molecule has 1 amide bonds. The van der Waals surface area contributed by atoms with Gasteiger partial charge in [-0.3, -0.25) is 9.79 Å². The Kier molecular flexibility index (Phi) is 9.28. The molecular formula is C17H20BrIN4O2. The molecule has 0 saturated heterocycles. The predicted octanol–water partition coefficient (Wildman–Crippen LogP) is 3.83. The third kappa shape index (κ3) is 7.74. The van der Waals surface area contributed by atoms with Gasteiger partial charge in [-0.15, -0.1) is 24.0 Å². The summed E-state index contributed by atoms with van der Waals surface area (Å²) in [6.45, 7) is 0.297. The molecule has 8 heteroatoms. The average Bonchev–Trinajstić information content (AvgIpc) is 2.57. The van der Waals surface area contributed by atoms with E-state index in [1.807, 2.05) is 48.5 Å². The Balaban J connectivity index is 0.00000312. The van der Waals surface area contributed by atoms with E-state index >= 15 is 0 Å². The van der Waals surface area contributed by atoms with Gasteiger partial charge in [0, 0.05) is 28.3 Å². The number of halogens is 2. The summed E-state index contributed by atoms with van der Waals surface area (Å²) in [4.78, 5) is 16.0. The summed E-state index contributed by atoms with van der Waals surface area (Å²) in [7, 11) is 1.60. The fourth-order valence-corrected chi connectivity index (χ4v) is 2.19. The molecular weight excluding hydrogens is 499 g/mol. The summed E-state index contributed by atoms with van der Waals surface area (Å²) >= 11 is 3.35. The summed E-state index contributed by atoms with van der Waals surface area (Å²) in [5.41, 5.74) is 7.33. The quantitative estimate of drug-likeness (QED) is 0.308. The molecule has 0 aromatic heterocycles. The molecule has 4 N–H and O–H groups in total. The number of methoxy groups -OCH3 is 1. The van der Waals surface area contributed by atoms with Crippen LogP contribution >= 0.6 is 39.9 Å². The summed E-state index contributed by atoms with van der Waals surface area (Å²) < 4.78 is 6.10. The molecule has 25 heavy (non-hydrogen) atoms. The number of rotatable bonds is 6. The lowest BCUT2D eigenvalue weighted by atomic mass is 10.3. The van der Waals surface area contributed by atoms with Crippen molar-refractivity contribution >= 4 is 63.1 Å². The largest absolute Gasteiger partial charge is 0.497 e.